The number of nitro benzene ring substituents is 1. The topological polar surface area (TPSA) is 78.4 Å². The second kappa shape index (κ2) is 4.71. The largest absolute Gasteiger partial charge is 0.483 e. The third kappa shape index (κ3) is 2.55. The summed E-state index contributed by atoms with van der Waals surface area (Å²) in [6.45, 7) is 2.55. The van der Waals surface area contributed by atoms with Crippen molar-refractivity contribution in [1.29, 1.82) is 0 Å². The van der Waals surface area contributed by atoms with Gasteiger partial charge in [0, 0.05) is 6.07 Å². The first-order valence-corrected chi connectivity index (χ1v) is 5.72. The number of rotatable bonds is 4. The molecule has 0 spiro atoms. The van der Waals surface area contributed by atoms with E-state index in [0.717, 1.165) is 18.4 Å². The van der Waals surface area contributed by atoms with Crippen LogP contribution in [0.4, 0.5) is 5.69 Å². The number of benzene rings is 1. The van der Waals surface area contributed by atoms with Gasteiger partial charge in [-0.2, -0.15) is 0 Å². The van der Waals surface area contributed by atoms with Crippen LogP contribution in [0.15, 0.2) is 18.2 Å². The van der Waals surface area contributed by atoms with E-state index in [-0.39, 0.29) is 11.8 Å². The molecule has 1 saturated carbocycles. The highest BCUT2D eigenvalue weighted by Gasteiger charge is 2.31. The number of nitrogens with two attached hydrogens (primary N) is 1. The molecule has 5 nitrogen and oxygen atoms in total. The molecule has 2 N–H and O–H groups in total. The standard InChI is InChI=1S/C12H16N2O3/c1-8-2-3-11(14(15)16)12(4-8)17-10-5-9(6-10)7-13/h2-4,9-10H,5-7,13H2,1H3. The van der Waals surface area contributed by atoms with E-state index in [1.165, 1.54) is 6.07 Å². The lowest BCUT2D eigenvalue weighted by Gasteiger charge is -2.34. The Morgan fingerprint density at radius 3 is 2.82 bits per heavy atom. The number of nitro groups is 1. The molecular formula is C12H16N2O3. The molecule has 17 heavy (non-hydrogen) atoms. The maximum Gasteiger partial charge on any atom is 0.310 e. The van der Waals surface area contributed by atoms with Gasteiger partial charge in [0.05, 0.1) is 11.0 Å². The molecule has 92 valence electrons. The third-order valence-corrected chi connectivity index (χ3v) is 3.13. The van der Waals surface area contributed by atoms with E-state index in [0.29, 0.717) is 18.2 Å². The summed E-state index contributed by atoms with van der Waals surface area (Å²) in [7, 11) is 0. The fourth-order valence-corrected chi connectivity index (χ4v) is 2.01. The van der Waals surface area contributed by atoms with E-state index in [2.05, 4.69) is 0 Å². The highest BCUT2D eigenvalue weighted by Crippen LogP contribution is 2.35. The van der Waals surface area contributed by atoms with Gasteiger partial charge >= 0.3 is 5.69 Å². The summed E-state index contributed by atoms with van der Waals surface area (Å²) in [5.74, 6) is 0.874. The summed E-state index contributed by atoms with van der Waals surface area (Å²) < 4.78 is 5.66. The van der Waals surface area contributed by atoms with E-state index < -0.39 is 4.92 Å². The second-order valence-electron chi connectivity index (χ2n) is 4.54. The third-order valence-electron chi connectivity index (χ3n) is 3.13. The van der Waals surface area contributed by atoms with E-state index in [1.807, 2.05) is 6.92 Å². The van der Waals surface area contributed by atoms with Crippen LogP contribution in [0.2, 0.25) is 0 Å². The van der Waals surface area contributed by atoms with Gasteiger partial charge in [-0.3, -0.25) is 10.1 Å². The summed E-state index contributed by atoms with van der Waals surface area (Å²) in [5, 5.41) is 10.8. The smallest absolute Gasteiger partial charge is 0.310 e. The van der Waals surface area contributed by atoms with Gasteiger partial charge in [0.25, 0.3) is 0 Å². The summed E-state index contributed by atoms with van der Waals surface area (Å²) in [5.41, 5.74) is 6.52. The predicted octanol–water partition coefficient (Wildman–Crippen LogP) is 2.02. The summed E-state index contributed by atoms with van der Waals surface area (Å²) >= 11 is 0. The Labute approximate surface area is 99.7 Å². The zero-order valence-electron chi connectivity index (χ0n) is 9.76. The van der Waals surface area contributed by atoms with E-state index in [9.17, 15) is 10.1 Å². The Kier molecular flexibility index (Phi) is 3.28. The summed E-state index contributed by atoms with van der Waals surface area (Å²) in [4.78, 5) is 10.4. The molecule has 0 heterocycles. The Morgan fingerprint density at radius 2 is 2.24 bits per heavy atom. The summed E-state index contributed by atoms with van der Waals surface area (Å²) in [6, 6.07) is 4.92. The number of aryl methyl sites for hydroxylation is 1. The Morgan fingerprint density at radius 1 is 1.53 bits per heavy atom. The average molecular weight is 236 g/mol. The van der Waals surface area contributed by atoms with E-state index in [1.54, 1.807) is 12.1 Å². The number of hydrogen-bond acceptors (Lipinski definition) is 4. The molecule has 0 unspecified atom stereocenters. The monoisotopic (exact) mass is 236 g/mol. The second-order valence-corrected chi connectivity index (χ2v) is 4.54. The van der Waals surface area contributed by atoms with Crippen LogP contribution >= 0.6 is 0 Å². The first kappa shape index (κ1) is 11.9. The summed E-state index contributed by atoms with van der Waals surface area (Å²) in [6.07, 6.45) is 1.85. The molecule has 2 rings (SSSR count). The molecular weight excluding hydrogens is 220 g/mol. The van der Waals surface area contributed by atoms with Gasteiger partial charge < -0.3 is 10.5 Å². The van der Waals surface area contributed by atoms with Crippen LogP contribution in [0, 0.1) is 23.0 Å². The van der Waals surface area contributed by atoms with Crippen molar-refractivity contribution in [3.05, 3.63) is 33.9 Å². The van der Waals surface area contributed by atoms with Crippen LogP contribution in [0.1, 0.15) is 18.4 Å². The molecule has 1 aromatic rings. The highest BCUT2D eigenvalue weighted by atomic mass is 16.6. The molecule has 0 bridgehead atoms. The number of ether oxygens (including phenoxy) is 1. The van der Waals surface area contributed by atoms with Crippen molar-refractivity contribution in [2.24, 2.45) is 11.7 Å². The van der Waals surface area contributed by atoms with Gasteiger partial charge in [-0.25, -0.2) is 0 Å². The zero-order chi connectivity index (χ0) is 12.4. The molecule has 0 radical (unpaired) electrons. The van der Waals surface area contributed by atoms with Gasteiger partial charge in [0.1, 0.15) is 0 Å². The molecule has 0 saturated heterocycles. The lowest BCUT2D eigenvalue weighted by Crippen LogP contribution is -2.37. The maximum absolute atomic E-state index is 10.8. The van der Waals surface area contributed by atoms with Gasteiger partial charge in [-0.05, 0) is 43.9 Å². The van der Waals surface area contributed by atoms with Crippen LogP contribution in [0.3, 0.4) is 0 Å². The molecule has 1 fully saturated rings. The molecule has 1 aliphatic carbocycles. The average Bonchev–Trinajstić information content (AvgIpc) is 2.22. The van der Waals surface area contributed by atoms with Crippen LogP contribution in [-0.4, -0.2) is 17.6 Å². The van der Waals surface area contributed by atoms with Crippen molar-refractivity contribution in [1.82, 2.24) is 0 Å². The van der Waals surface area contributed by atoms with Crippen LogP contribution in [0.5, 0.6) is 5.75 Å². The minimum Gasteiger partial charge on any atom is -0.483 e. The first-order chi connectivity index (χ1) is 8.10. The molecule has 5 heteroatoms. The number of hydrogen-bond donors (Lipinski definition) is 1. The van der Waals surface area contributed by atoms with Gasteiger partial charge in [-0.15, -0.1) is 0 Å². The molecule has 1 aliphatic rings. The van der Waals surface area contributed by atoms with Crippen molar-refractivity contribution in [2.45, 2.75) is 25.9 Å². The maximum atomic E-state index is 10.8. The van der Waals surface area contributed by atoms with Crippen molar-refractivity contribution in [3.8, 4) is 5.75 Å². The quantitative estimate of drug-likeness (QED) is 0.640. The minimum atomic E-state index is -0.409. The Bertz CT molecular complexity index is 428. The van der Waals surface area contributed by atoms with Crippen LogP contribution in [-0.2, 0) is 0 Å². The van der Waals surface area contributed by atoms with Gasteiger partial charge in [0.15, 0.2) is 5.75 Å². The Hall–Kier alpha value is -1.62. The highest BCUT2D eigenvalue weighted by molar-refractivity contribution is 5.48. The fourth-order valence-electron chi connectivity index (χ4n) is 2.01. The zero-order valence-corrected chi connectivity index (χ0v) is 9.76. The molecule has 1 aromatic carbocycles. The van der Waals surface area contributed by atoms with Crippen molar-refractivity contribution < 1.29 is 9.66 Å². The molecule has 0 amide bonds. The lowest BCUT2D eigenvalue weighted by molar-refractivity contribution is -0.386. The number of nitrogens with zero attached hydrogens (tertiary/aromatic N) is 1. The van der Waals surface area contributed by atoms with Crippen molar-refractivity contribution in [3.63, 3.8) is 0 Å². The van der Waals surface area contributed by atoms with Crippen LogP contribution < -0.4 is 10.5 Å². The Balaban J connectivity index is 2.09. The van der Waals surface area contributed by atoms with Crippen molar-refractivity contribution >= 4 is 5.69 Å². The molecule has 0 atom stereocenters. The van der Waals surface area contributed by atoms with E-state index in [4.69, 9.17) is 10.5 Å². The predicted molar refractivity (Wildman–Crippen MR) is 64.0 cm³/mol. The van der Waals surface area contributed by atoms with Crippen LogP contribution in [0.25, 0.3) is 0 Å². The SMILES string of the molecule is Cc1ccc([N+](=O)[O-])c(OC2CC(CN)C2)c1. The normalized spacial score (nSPS) is 22.9. The first-order valence-electron chi connectivity index (χ1n) is 5.72. The minimum absolute atomic E-state index is 0.0341. The lowest BCUT2D eigenvalue weighted by atomic mass is 9.82. The van der Waals surface area contributed by atoms with E-state index >= 15 is 0 Å². The molecule has 0 aromatic heterocycles. The fraction of sp³-hybridized carbons (Fsp3) is 0.500. The van der Waals surface area contributed by atoms with Gasteiger partial charge in [-0.1, -0.05) is 6.07 Å². The molecule has 0 aliphatic heterocycles. The van der Waals surface area contributed by atoms with Gasteiger partial charge in [0.2, 0.25) is 0 Å². The van der Waals surface area contributed by atoms with Crippen molar-refractivity contribution in [2.75, 3.05) is 6.54 Å².